The molecular weight excluding hydrogens is 685 g/mol. The Bertz CT molecular complexity index is 3170. The van der Waals surface area contributed by atoms with E-state index in [2.05, 4.69) is 216 Å². The summed E-state index contributed by atoms with van der Waals surface area (Å²) in [7, 11) is 0. The molecule has 0 saturated heterocycles. The number of hydrogen-bond donors (Lipinski definition) is 0. The summed E-state index contributed by atoms with van der Waals surface area (Å²) in [5.74, 6) is 0. The predicted octanol–water partition coefficient (Wildman–Crippen LogP) is 15.1. The highest BCUT2D eigenvalue weighted by atomic mass is 32.1. The lowest BCUT2D eigenvalue weighted by Gasteiger charge is -2.27. The molecule has 0 atom stereocenters. The second-order valence-electron chi connectivity index (χ2n) is 14.1. The van der Waals surface area contributed by atoms with E-state index in [9.17, 15) is 0 Å². The van der Waals surface area contributed by atoms with Crippen LogP contribution in [0.5, 0.6) is 0 Å². The zero-order valence-electron chi connectivity index (χ0n) is 29.9. The third-order valence-corrected chi connectivity index (χ3v) is 12.2. The van der Waals surface area contributed by atoms with Crippen molar-refractivity contribution in [1.82, 2.24) is 4.57 Å². The molecule has 3 heteroatoms. The van der Waals surface area contributed by atoms with E-state index < -0.39 is 0 Å². The van der Waals surface area contributed by atoms with Gasteiger partial charge >= 0.3 is 0 Å². The summed E-state index contributed by atoms with van der Waals surface area (Å²) in [5, 5.41) is 7.57. The van der Waals surface area contributed by atoms with Crippen LogP contribution in [-0.2, 0) is 0 Å². The lowest BCUT2D eigenvalue weighted by molar-refractivity contribution is 1.18. The molecule has 11 aromatic rings. The number of hydrogen-bond acceptors (Lipinski definition) is 2. The summed E-state index contributed by atoms with van der Waals surface area (Å²) in [6.07, 6.45) is 0. The highest BCUT2D eigenvalue weighted by Crippen LogP contribution is 2.46. The third kappa shape index (κ3) is 5.24. The van der Waals surface area contributed by atoms with E-state index in [1.165, 1.54) is 75.0 Å². The van der Waals surface area contributed by atoms with Crippen LogP contribution in [-0.4, -0.2) is 4.57 Å². The Kier molecular flexibility index (Phi) is 7.39. The van der Waals surface area contributed by atoms with Crippen molar-refractivity contribution in [2.75, 3.05) is 4.90 Å². The molecule has 2 nitrogen and oxygen atoms in total. The number of nitrogens with zero attached hydrogens (tertiary/aromatic N) is 2. The van der Waals surface area contributed by atoms with E-state index in [4.69, 9.17) is 0 Å². The molecule has 0 N–H and O–H groups in total. The van der Waals surface area contributed by atoms with Crippen LogP contribution in [0, 0.1) is 0 Å². The Hall–Kier alpha value is -6.94. The van der Waals surface area contributed by atoms with Gasteiger partial charge in [0.25, 0.3) is 0 Å². The Labute approximate surface area is 323 Å². The number of benzene rings is 9. The van der Waals surface area contributed by atoms with E-state index in [-0.39, 0.29) is 0 Å². The molecule has 0 amide bonds. The first kappa shape index (κ1) is 31.6. The van der Waals surface area contributed by atoms with Crippen molar-refractivity contribution in [2.24, 2.45) is 0 Å². The largest absolute Gasteiger partial charge is 0.310 e. The van der Waals surface area contributed by atoms with E-state index in [1.807, 2.05) is 11.3 Å². The Morgan fingerprint density at radius 3 is 1.76 bits per heavy atom. The van der Waals surface area contributed by atoms with E-state index >= 15 is 0 Å². The average molecular weight is 719 g/mol. The van der Waals surface area contributed by atoms with Crippen molar-refractivity contribution in [3.63, 3.8) is 0 Å². The number of anilines is 3. The molecule has 2 heterocycles. The lowest BCUT2D eigenvalue weighted by Crippen LogP contribution is -2.10. The molecule has 0 aliphatic carbocycles. The van der Waals surface area contributed by atoms with Crippen LogP contribution in [0.15, 0.2) is 206 Å². The quantitative estimate of drug-likeness (QED) is 0.166. The van der Waals surface area contributed by atoms with Gasteiger partial charge in [0.05, 0.1) is 11.0 Å². The lowest BCUT2D eigenvalue weighted by atomic mass is 9.97. The molecule has 0 bridgehead atoms. The molecule has 0 unspecified atom stereocenters. The summed E-state index contributed by atoms with van der Waals surface area (Å²) in [5.41, 5.74) is 11.8. The molecule has 0 radical (unpaired) electrons. The van der Waals surface area contributed by atoms with E-state index in [0.717, 1.165) is 22.7 Å². The first-order chi connectivity index (χ1) is 27.3. The zero-order chi connectivity index (χ0) is 36.3. The Morgan fingerprint density at radius 1 is 0.364 bits per heavy atom. The van der Waals surface area contributed by atoms with Crippen LogP contribution >= 0.6 is 11.3 Å². The molecule has 258 valence electrons. The van der Waals surface area contributed by atoms with Gasteiger partial charge in [0.15, 0.2) is 0 Å². The van der Waals surface area contributed by atoms with Crippen LogP contribution in [0.2, 0.25) is 0 Å². The Morgan fingerprint density at radius 2 is 0.964 bits per heavy atom. The van der Waals surface area contributed by atoms with Gasteiger partial charge in [0.2, 0.25) is 0 Å². The van der Waals surface area contributed by atoms with Gasteiger partial charge in [-0.2, -0.15) is 0 Å². The minimum atomic E-state index is 1.11. The SMILES string of the molecule is c1ccc(N(c2cccc(-c3cccc4ccccc34)c2)c2cc(-c3cccc(-n4c5ccccc5c5ccccc54)c3)c3sc4ccccc4c3c2)cc1. The van der Waals surface area contributed by atoms with Gasteiger partial charge < -0.3 is 9.47 Å². The standard InChI is InChI=1S/C52H34N2S/c1-2-19-38(20-3-1)53(39-21-12-17-36(31-39)43-27-14-16-35-15-4-5-23-42(35)43)41-33-47(52-48(34-41)46-26-8-11-30-51(46)55-52)37-18-13-22-40(32-37)54-49-28-9-6-24-44(49)45-25-7-10-29-50(45)54/h1-34H. The summed E-state index contributed by atoms with van der Waals surface area (Å²) in [6, 6.07) is 75.2. The minimum absolute atomic E-state index is 1.11. The molecule has 0 saturated carbocycles. The highest BCUT2D eigenvalue weighted by Gasteiger charge is 2.20. The maximum Gasteiger partial charge on any atom is 0.0541 e. The van der Waals surface area contributed by atoms with Crippen LogP contribution in [0.25, 0.3) is 80.7 Å². The smallest absolute Gasteiger partial charge is 0.0541 e. The van der Waals surface area contributed by atoms with Crippen LogP contribution in [0.4, 0.5) is 17.1 Å². The monoisotopic (exact) mass is 718 g/mol. The Balaban J connectivity index is 1.15. The fraction of sp³-hybridized carbons (Fsp3) is 0. The van der Waals surface area contributed by atoms with Gasteiger partial charge in [-0.1, -0.05) is 140 Å². The van der Waals surface area contributed by atoms with E-state index in [1.54, 1.807) is 0 Å². The highest BCUT2D eigenvalue weighted by molar-refractivity contribution is 7.26. The molecule has 0 spiro atoms. The summed E-state index contributed by atoms with van der Waals surface area (Å²) in [6.45, 7) is 0. The first-order valence-electron chi connectivity index (χ1n) is 18.8. The normalized spacial score (nSPS) is 11.6. The minimum Gasteiger partial charge on any atom is -0.310 e. The number of fused-ring (bicyclic) bond motifs is 7. The fourth-order valence-corrected chi connectivity index (χ4v) is 9.70. The molecule has 55 heavy (non-hydrogen) atoms. The molecular formula is C52H34N2S. The average Bonchev–Trinajstić information content (AvgIpc) is 3.80. The summed E-state index contributed by atoms with van der Waals surface area (Å²) < 4.78 is 5.00. The molecule has 2 aromatic heterocycles. The summed E-state index contributed by atoms with van der Waals surface area (Å²) >= 11 is 1.88. The zero-order valence-corrected chi connectivity index (χ0v) is 30.7. The predicted molar refractivity (Wildman–Crippen MR) is 237 cm³/mol. The molecule has 9 aromatic carbocycles. The topological polar surface area (TPSA) is 8.17 Å². The van der Waals surface area contributed by atoms with Crippen LogP contribution < -0.4 is 4.90 Å². The van der Waals surface area contributed by atoms with Gasteiger partial charge in [0.1, 0.15) is 0 Å². The second kappa shape index (κ2) is 12.9. The maximum atomic E-state index is 2.42. The summed E-state index contributed by atoms with van der Waals surface area (Å²) in [4.78, 5) is 2.42. The van der Waals surface area contributed by atoms with Crippen molar-refractivity contribution in [3.05, 3.63) is 206 Å². The van der Waals surface area contributed by atoms with Crippen molar-refractivity contribution in [2.45, 2.75) is 0 Å². The second-order valence-corrected chi connectivity index (χ2v) is 15.2. The van der Waals surface area contributed by atoms with Crippen molar-refractivity contribution in [3.8, 4) is 27.9 Å². The van der Waals surface area contributed by atoms with Crippen LogP contribution in [0.3, 0.4) is 0 Å². The fourth-order valence-electron chi connectivity index (χ4n) is 8.48. The van der Waals surface area contributed by atoms with Gasteiger partial charge in [0, 0.05) is 59.3 Å². The van der Waals surface area contributed by atoms with Crippen molar-refractivity contribution < 1.29 is 0 Å². The number of aromatic nitrogens is 1. The third-order valence-electron chi connectivity index (χ3n) is 10.9. The van der Waals surface area contributed by atoms with E-state index in [0.29, 0.717) is 0 Å². The van der Waals surface area contributed by atoms with Gasteiger partial charge in [-0.05, 0) is 94.2 Å². The van der Waals surface area contributed by atoms with Crippen molar-refractivity contribution >= 4 is 81.1 Å². The molecule has 0 fully saturated rings. The van der Waals surface area contributed by atoms with Gasteiger partial charge in [-0.25, -0.2) is 0 Å². The molecule has 0 aliphatic rings. The molecule has 0 aliphatic heterocycles. The van der Waals surface area contributed by atoms with Gasteiger partial charge in [-0.15, -0.1) is 11.3 Å². The maximum absolute atomic E-state index is 2.42. The molecule has 11 rings (SSSR count). The van der Waals surface area contributed by atoms with Crippen molar-refractivity contribution in [1.29, 1.82) is 0 Å². The number of thiophene rings is 1. The van der Waals surface area contributed by atoms with Gasteiger partial charge in [-0.3, -0.25) is 0 Å². The number of para-hydroxylation sites is 3. The number of rotatable bonds is 6. The first-order valence-corrected chi connectivity index (χ1v) is 19.6. The van der Waals surface area contributed by atoms with Crippen LogP contribution in [0.1, 0.15) is 0 Å².